The van der Waals surface area contributed by atoms with E-state index < -0.39 is 0 Å². The lowest BCUT2D eigenvalue weighted by Crippen LogP contribution is -2.22. The molecule has 0 saturated heterocycles. The summed E-state index contributed by atoms with van der Waals surface area (Å²) in [4.78, 5) is 25.9. The number of fused-ring (bicyclic) bond motifs is 1. The Morgan fingerprint density at radius 3 is 2.44 bits per heavy atom. The molecule has 164 valence electrons. The van der Waals surface area contributed by atoms with E-state index in [0.717, 1.165) is 10.5 Å². The van der Waals surface area contributed by atoms with Crippen LogP contribution in [0.3, 0.4) is 0 Å². The number of carbonyl (C=O) groups is 2. The quantitative estimate of drug-likeness (QED) is 0.510. The molecule has 2 amide bonds. The predicted octanol–water partition coefficient (Wildman–Crippen LogP) is 4.76. The zero-order valence-electron chi connectivity index (χ0n) is 17.7. The van der Waals surface area contributed by atoms with Gasteiger partial charge >= 0.3 is 0 Å². The molecule has 6 nitrogen and oxygen atoms in total. The molecular formula is C25H24N2O4S. The number of anilines is 2. The Bertz CT molecular complexity index is 1100. The van der Waals surface area contributed by atoms with Gasteiger partial charge in [0.15, 0.2) is 11.5 Å². The Hall–Kier alpha value is -3.45. The second kappa shape index (κ2) is 10.2. The molecule has 0 spiro atoms. The fourth-order valence-electron chi connectivity index (χ4n) is 3.26. The fourth-order valence-corrected chi connectivity index (χ4v) is 4.18. The molecule has 1 aliphatic heterocycles. The van der Waals surface area contributed by atoms with Gasteiger partial charge in [-0.2, -0.15) is 0 Å². The third-order valence-electron chi connectivity index (χ3n) is 4.82. The third-order valence-corrected chi connectivity index (χ3v) is 5.91. The molecule has 1 aliphatic rings. The van der Waals surface area contributed by atoms with Crippen LogP contribution in [-0.2, 0) is 16.0 Å². The first-order chi connectivity index (χ1) is 15.6. The van der Waals surface area contributed by atoms with Gasteiger partial charge in [0.25, 0.3) is 0 Å². The van der Waals surface area contributed by atoms with E-state index >= 15 is 0 Å². The van der Waals surface area contributed by atoms with E-state index in [1.807, 2.05) is 61.5 Å². The standard InChI is InChI=1S/C25H24N2O4S/c1-17(25(29)27-20-10-11-22-23(16-20)31-13-12-30-22)32-21-9-5-8-19(15-21)26-24(28)14-18-6-3-2-4-7-18/h2-11,15-17H,12-14H2,1H3,(H,26,28)(H,27,29). The molecule has 4 rings (SSSR count). The fraction of sp³-hybridized carbons (Fsp3) is 0.200. The molecule has 32 heavy (non-hydrogen) atoms. The highest BCUT2D eigenvalue weighted by molar-refractivity contribution is 8.00. The van der Waals surface area contributed by atoms with Crippen molar-refractivity contribution in [3.63, 3.8) is 0 Å². The smallest absolute Gasteiger partial charge is 0.237 e. The number of hydrogen-bond acceptors (Lipinski definition) is 5. The maximum Gasteiger partial charge on any atom is 0.237 e. The Morgan fingerprint density at radius 1 is 0.875 bits per heavy atom. The third kappa shape index (κ3) is 5.82. The van der Waals surface area contributed by atoms with Crippen LogP contribution in [-0.4, -0.2) is 30.3 Å². The number of thioether (sulfide) groups is 1. The van der Waals surface area contributed by atoms with E-state index in [0.29, 0.717) is 42.5 Å². The Balaban J connectivity index is 1.33. The molecule has 1 atom stereocenters. The van der Waals surface area contributed by atoms with Gasteiger partial charge in [-0.3, -0.25) is 9.59 Å². The van der Waals surface area contributed by atoms with Crippen molar-refractivity contribution in [1.29, 1.82) is 0 Å². The summed E-state index contributed by atoms with van der Waals surface area (Å²) in [5, 5.41) is 5.51. The van der Waals surface area contributed by atoms with Gasteiger partial charge in [0.1, 0.15) is 13.2 Å². The van der Waals surface area contributed by atoms with Crippen molar-refractivity contribution < 1.29 is 19.1 Å². The Morgan fingerprint density at radius 2 is 1.62 bits per heavy atom. The first-order valence-corrected chi connectivity index (χ1v) is 11.3. The van der Waals surface area contributed by atoms with Gasteiger partial charge in [-0.1, -0.05) is 36.4 Å². The summed E-state index contributed by atoms with van der Waals surface area (Å²) in [5.74, 6) is 1.11. The minimum Gasteiger partial charge on any atom is -0.486 e. The minimum absolute atomic E-state index is 0.0808. The van der Waals surface area contributed by atoms with Crippen molar-refractivity contribution in [3.8, 4) is 11.5 Å². The van der Waals surface area contributed by atoms with Crippen LogP contribution in [0.25, 0.3) is 0 Å². The van der Waals surface area contributed by atoms with E-state index in [1.165, 1.54) is 11.8 Å². The average molecular weight is 449 g/mol. The summed E-state index contributed by atoms with van der Waals surface area (Å²) < 4.78 is 11.1. The van der Waals surface area contributed by atoms with Crippen LogP contribution in [0, 0.1) is 0 Å². The van der Waals surface area contributed by atoms with E-state index in [9.17, 15) is 9.59 Å². The summed E-state index contributed by atoms with van der Waals surface area (Å²) in [7, 11) is 0. The molecule has 0 bridgehead atoms. The van der Waals surface area contributed by atoms with E-state index in [-0.39, 0.29) is 17.1 Å². The number of ether oxygens (including phenoxy) is 2. The maximum absolute atomic E-state index is 12.7. The highest BCUT2D eigenvalue weighted by Crippen LogP contribution is 2.33. The Kier molecular flexibility index (Phi) is 6.97. The van der Waals surface area contributed by atoms with Crippen molar-refractivity contribution in [1.82, 2.24) is 0 Å². The molecule has 1 heterocycles. The average Bonchev–Trinajstić information content (AvgIpc) is 2.80. The second-order valence-corrected chi connectivity index (χ2v) is 8.76. The number of amides is 2. The van der Waals surface area contributed by atoms with Crippen molar-refractivity contribution in [2.45, 2.75) is 23.5 Å². The SMILES string of the molecule is CC(Sc1cccc(NC(=O)Cc2ccccc2)c1)C(=O)Nc1ccc2c(c1)OCCO2. The van der Waals surface area contributed by atoms with Crippen molar-refractivity contribution in [2.75, 3.05) is 23.8 Å². The van der Waals surface area contributed by atoms with Gasteiger partial charge in [0.05, 0.1) is 11.7 Å². The van der Waals surface area contributed by atoms with Crippen LogP contribution < -0.4 is 20.1 Å². The molecule has 0 fully saturated rings. The van der Waals surface area contributed by atoms with Crippen molar-refractivity contribution >= 4 is 35.0 Å². The van der Waals surface area contributed by atoms with E-state index in [2.05, 4.69) is 10.6 Å². The lowest BCUT2D eigenvalue weighted by molar-refractivity contribution is -0.116. The van der Waals surface area contributed by atoms with Crippen molar-refractivity contribution in [3.05, 3.63) is 78.4 Å². The lowest BCUT2D eigenvalue weighted by atomic mass is 10.1. The molecule has 3 aromatic carbocycles. The highest BCUT2D eigenvalue weighted by atomic mass is 32.2. The number of rotatable bonds is 7. The highest BCUT2D eigenvalue weighted by Gasteiger charge is 2.17. The maximum atomic E-state index is 12.7. The molecule has 1 unspecified atom stereocenters. The van der Waals surface area contributed by atoms with Gasteiger partial charge in [-0.25, -0.2) is 0 Å². The van der Waals surface area contributed by atoms with Gasteiger partial charge in [0, 0.05) is 22.3 Å². The van der Waals surface area contributed by atoms with Gasteiger partial charge < -0.3 is 20.1 Å². The topological polar surface area (TPSA) is 76.7 Å². The lowest BCUT2D eigenvalue weighted by Gasteiger charge is -2.19. The van der Waals surface area contributed by atoms with Crippen molar-refractivity contribution in [2.24, 2.45) is 0 Å². The summed E-state index contributed by atoms with van der Waals surface area (Å²) in [5.41, 5.74) is 2.32. The van der Waals surface area contributed by atoms with Gasteiger partial charge in [-0.05, 0) is 42.8 Å². The van der Waals surface area contributed by atoms with Gasteiger partial charge in [-0.15, -0.1) is 11.8 Å². The molecular weight excluding hydrogens is 424 g/mol. The number of nitrogens with one attached hydrogen (secondary N) is 2. The van der Waals surface area contributed by atoms with E-state index in [4.69, 9.17) is 9.47 Å². The molecule has 7 heteroatoms. The summed E-state index contributed by atoms with van der Waals surface area (Å²) in [6.07, 6.45) is 0.312. The van der Waals surface area contributed by atoms with Crippen LogP contribution >= 0.6 is 11.8 Å². The summed E-state index contributed by atoms with van der Waals surface area (Å²) in [6, 6.07) is 22.5. The molecule has 2 N–H and O–H groups in total. The van der Waals surface area contributed by atoms with Crippen LogP contribution in [0.4, 0.5) is 11.4 Å². The monoisotopic (exact) mass is 448 g/mol. The van der Waals surface area contributed by atoms with Crippen LogP contribution in [0.5, 0.6) is 11.5 Å². The largest absolute Gasteiger partial charge is 0.486 e. The van der Waals surface area contributed by atoms with Crippen LogP contribution in [0.1, 0.15) is 12.5 Å². The van der Waals surface area contributed by atoms with Gasteiger partial charge in [0.2, 0.25) is 11.8 Å². The minimum atomic E-state index is -0.335. The molecule has 0 radical (unpaired) electrons. The normalized spacial score (nSPS) is 13.2. The Labute approximate surface area is 191 Å². The number of benzene rings is 3. The molecule has 0 aromatic heterocycles. The molecule has 3 aromatic rings. The number of hydrogen-bond donors (Lipinski definition) is 2. The van der Waals surface area contributed by atoms with E-state index in [1.54, 1.807) is 18.2 Å². The molecule has 0 aliphatic carbocycles. The summed E-state index contributed by atoms with van der Waals surface area (Å²) >= 11 is 1.43. The molecule has 0 saturated carbocycles. The second-order valence-electron chi connectivity index (χ2n) is 7.35. The predicted molar refractivity (Wildman–Crippen MR) is 127 cm³/mol. The first-order valence-electron chi connectivity index (χ1n) is 10.4. The zero-order valence-corrected chi connectivity index (χ0v) is 18.5. The first kappa shape index (κ1) is 21.8. The summed E-state index contributed by atoms with van der Waals surface area (Å²) in [6.45, 7) is 2.87. The zero-order chi connectivity index (χ0) is 22.3. The van der Waals surface area contributed by atoms with Crippen LogP contribution in [0.15, 0.2) is 77.7 Å². The van der Waals surface area contributed by atoms with Crippen LogP contribution in [0.2, 0.25) is 0 Å². The number of carbonyl (C=O) groups excluding carboxylic acids is 2.